The summed E-state index contributed by atoms with van der Waals surface area (Å²) in [5.74, 6) is 0. The van der Waals surface area contributed by atoms with Crippen LogP contribution in [-0.4, -0.2) is 46.0 Å². The minimum Gasteiger partial charge on any atom is -0.389 e. The van der Waals surface area contributed by atoms with Crippen LogP contribution in [0, 0.1) is 0 Å². The quantitative estimate of drug-likeness (QED) is 0.324. The van der Waals surface area contributed by atoms with Crippen molar-refractivity contribution in [2.45, 2.75) is 37.6 Å². The van der Waals surface area contributed by atoms with Gasteiger partial charge < -0.3 is 25.8 Å². The van der Waals surface area contributed by atoms with Gasteiger partial charge in [0, 0.05) is 0 Å². The molecule has 0 aromatic heterocycles. The summed E-state index contributed by atoms with van der Waals surface area (Å²) in [7, 11) is 0. The topological polar surface area (TPSA) is 95.9 Å². The number of hydrogen-bond donors (Lipinski definition) is 4. The number of nitrogens with two attached hydrogens (primary N) is 1. The van der Waals surface area contributed by atoms with E-state index in [0.717, 1.165) is 0 Å². The van der Waals surface area contributed by atoms with Crippen molar-refractivity contribution in [2.24, 2.45) is 5.73 Å². The lowest BCUT2D eigenvalue weighted by atomic mass is 9.98. The van der Waals surface area contributed by atoms with E-state index in [0.29, 0.717) is 0 Å². The van der Waals surface area contributed by atoms with E-state index in [2.05, 4.69) is 0 Å². The molecule has 0 aliphatic carbocycles. The molecule has 0 bridgehead atoms. The second kappa shape index (κ2) is 3.04. The second-order valence-electron chi connectivity index (χ2n) is 2.79. The Hall–Kier alpha value is -0.200. The fraction of sp³-hybridized carbons (Fsp3) is 1.00. The summed E-state index contributed by atoms with van der Waals surface area (Å²) in [4.78, 5) is 0. The van der Waals surface area contributed by atoms with E-state index in [9.17, 15) is 5.11 Å². The van der Waals surface area contributed by atoms with E-state index in [-0.39, 0.29) is 0 Å². The van der Waals surface area contributed by atoms with E-state index in [4.69, 9.17) is 20.7 Å². The van der Waals surface area contributed by atoms with Crippen LogP contribution in [0.1, 0.15) is 6.92 Å². The largest absolute Gasteiger partial charge is 0.389 e. The molecule has 0 spiro atoms. The normalized spacial score (nSPS) is 52.6. The Bertz CT molecular complexity index is 129. The first-order valence-corrected chi connectivity index (χ1v) is 3.49. The zero-order valence-corrected chi connectivity index (χ0v) is 6.21. The summed E-state index contributed by atoms with van der Waals surface area (Å²) < 4.78 is 4.76. The van der Waals surface area contributed by atoms with Crippen molar-refractivity contribution in [3.63, 3.8) is 0 Å². The molecule has 1 saturated heterocycles. The molecular formula is C6H13NO4. The van der Waals surface area contributed by atoms with Crippen LogP contribution in [-0.2, 0) is 4.74 Å². The third kappa shape index (κ3) is 1.52. The first kappa shape index (κ1) is 8.89. The van der Waals surface area contributed by atoms with E-state index in [1.807, 2.05) is 0 Å². The van der Waals surface area contributed by atoms with Crippen molar-refractivity contribution >= 4 is 0 Å². The first-order valence-electron chi connectivity index (χ1n) is 3.49. The van der Waals surface area contributed by atoms with Crippen LogP contribution < -0.4 is 5.73 Å². The molecule has 66 valence electrons. The third-order valence-electron chi connectivity index (χ3n) is 1.92. The Kier molecular flexibility index (Phi) is 2.46. The summed E-state index contributed by atoms with van der Waals surface area (Å²) in [5, 5.41) is 27.3. The molecule has 5 heteroatoms. The molecule has 0 amide bonds. The van der Waals surface area contributed by atoms with Crippen LogP contribution in [0.25, 0.3) is 0 Å². The highest BCUT2D eigenvalue weighted by Crippen LogP contribution is 2.17. The van der Waals surface area contributed by atoms with Gasteiger partial charge in [-0.15, -0.1) is 0 Å². The lowest BCUT2D eigenvalue weighted by Crippen LogP contribution is -2.60. The van der Waals surface area contributed by atoms with Crippen molar-refractivity contribution in [1.29, 1.82) is 0 Å². The minimum absolute atomic E-state index is 0.539. The predicted molar refractivity (Wildman–Crippen MR) is 36.5 cm³/mol. The maximum Gasteiger partial charge on any atom is 0.182 e. The molecule has 1 aliphatic heterocycles. The number of aliphatic hydroxyl groups excluding tert-OH is 3. The Morgan fingerprint density at radius 2 is 1.73 bits per heavy atom. The minimum atomic E-state index is -1.29. The van der Waals surface area contributed by atoms with Gasteiger partial charge in [0.15, 0.2) is 6.29 Å². The van der Waals surface area contributed by atoms with Gasteiger partial charge in [0.25, 0.3) is 0 Å². The number of rotatable bonds is 0. The highest BCUT2D eigenvalue weighted by molar-refractivity contribution is 4.89. The number of ether oxygens (including phenoxy) is 1. The molecule has 1 rings (SSSR count). The standard InChI is InChI=1S/C6H13NO4/c1-2-4(8)3(7)5(9)6(10)11-2/h2-6,8-10H,7H2,1H3/t2-,3+,4+,5-,6+/m1/s1. The average Bonchev–Trinajstić information content (AvgIpc) is 1.97. The van der Waals surface area contributed by atoms with Crippen LogP contribution in [0.3, 0.4) is 0 Å². The zero-order valence-electron chi connectivity index (χ0n) is 6.21. The molecule has 0 aromatic rings. The molecule has 5 atom stereocenters. The molecule has 11 heavy (non-hydrogen) atoms. The molecule has 0 aromatic carbocycles. The van der Waals surface area contributed by atoms with Crippen molar-refractivity contribution < 1.29 is 20.1 Å². The molecule has 1 aliphatic rings. The number of hydrogen-bond acceptors (Lipinski definition) is 5. The van der Waals surface area contributed by atoms with Gasteiger partial charge >= 0.3 is 0 Å². The molecule has 0 unspecified atom stereocenters. The van der Waals surface area contributed by atoms with Gasteiger partial charge in [-0.3, -0.25) is 0 Å². The van der Waals surface area contributed by atoms with Gasteiger partial charge in [-0.2, -0.15) is 0 Å². The second-order valence-corrected chi connectivity index (χ2v) is 2.79. The predicted octanol–water partition coefficient (Wildman–Crippen LogP) is -2.23. The van der Waals surface area contributed by atoms with Crippen molar-refractivity contribution in [1.82, 2.24) is 0 Å². The lowest BCUT2D eigenvalue weighted by molar-refractivity contribution is -0.247. The smallest absolute Gasteiger partial charge is 0.182 e. The van der Waals surface area contributed by atoms with Crippen LogP contribution in [0.5, 0.6) is 0 Å². The van der Waals surface area contributed by atoms with Gasteiger partial charge in [0.05, 0.1) is 18.2 Å². The van der Waals surface area contributed by atoms with Gasteiger partial charge in [-0.05, 0) is 6.92 Å². The van der Waals surface area contributed by atoms with E-state index in [1.54, 1.807) is 6.92 Å². The molecule has 5 nitrogen and oxygen atoms in total. The maximum atomic E-state index is 9.21. The summed E-state index contributed by atoms with van der Waals surface area (Å²) in [6.07, 6.45) is -3.96. The van der Waals surface area contributed by atoms with Crippen molar-refractivity contribution in [3.8, 4) is 0 Å². The fourth-order valence-corrected chi connectivity index (χ4v) is 1.09. The van der Waals surface area contributed by atoms with E-state index in [1.165, 1.54) is 0 Å². The zero-order chi connectivity index (χ0) is 8.59. The Labute approximate surface area is 64.4 Å². The van der Waals surface area contributed by atoms with Gasteiger partial charge in [-0.1, -0.05) is 0 Å². The Balaban J connectivity index is 2.63. The number of aliphatic hydroxyl groups is 3. The highest BCUT2D eigenvalue weighted by atomic mass is 16.6. The van der Waals surface area contributed by atoms with Crippen molar-refractivity contribution in [3.05, 3.63) is 0 Å². The molecule has 5 N–H and O–H groups in total. The Morgan fingerprint density at radius 1 is 1.18 bits per heavy atom. The SMILES string of the molecule is C[C@H]1O[C@H](O)[C@H](O)[C@@H](N)[C@H]1O. The molecule has 1 heterocycles. The van der Waals surface area contributed by atoms with Crippen LogP contribution in [0.4, 0.5) is 0 Å². The third-order valence-corrected chi connectivity index (χ3v) is 1.92. The summed E-state index contributed by atoms with van der Waals surface area (Å²) in [5.41, 5.74) is 5.36. The lowest BCUT2D eigenvalue weighted by Gasteiger charge is -2.37. The molecular weight excluding hydrogens is 150 g/mol. The van der Waals surface area contributed by atoms with E-state index < -0.39 is 30.6 Å². The fourth-order valence-electron chi connectivity index (χ4n) is 1.09. The average molecular weight is 163 g/mol. The summed E-state index contributed by atoms with van der Waals surface area (Å²) >= 11 is 0. The highest BCUT2D eigenvalue weighted by Gasteiger charge is 2.39. The summed E-state index contributed by atoms with van der Waals surface area (Å²) in [6.45, 7) is 1.58. The molecule has 0 saturated carbocycles. The van der Waals surface area contributed by atoms with E-state index >= 15 is 0 Å². The maximum absolute atomic E-state index is 9.21. The Morgan fingerprint density at radius 3 is 2.27 bits per heavy atom. The van der Waals surface area contributed by atoms with Crippen molar-refractivity contribution in [2.75, 3.05) is 0 Å². The van der Waals surface area contributed by atoms with Crippen LogP contribution in [0.15, 0.2) is 0 Å². The molecule has 1 fully saturated rings. The van der Waals surface area contributed by atoms with Gasteiger partial charge in [-0.25, -0.2) is 0 Å². The molecule has 0 radical (unpaired) electrons. The van der Waals surface area contributed by atoms with Crippen LogP contribution in [0.2, 0.25) is 0 Å². The van der Waals surface area contributed by atoms with Gasteiger partial charge in [0.2, 0.25) is 0 Å². The summed E-state index contributed by atoms with van der Waals surface area (Å²) in [6, 6.07) is -0.839. The first-order chi connectivity index (χ1) is 5.04. The van der Waals surface area contributed by atoms with Crippen LogP contribution >= 0.6 is 0 Å². The monoisotopic (exact) mass is 163 g/mol. The van der Waals surface area contributed by atoms with Gasteiger partial charge in [0.1, 0.15) is 6.10 Å².